The number of benzene rings is 2. The fraction of sp³-hybridized carbons (Fsp3) is 0. The van der Waals surface area contributed by atoms with Gasteiger partial charge in [0.15, 0.2) is 0 Å². The number of rotatable bonds is 0. The van der Waals surface area contributed by atoms with Gasteiger partial charge in [0, 0.05) is 11.5 Å². The Hall–Kier alpha value is -1.70. The van der Waals surface area contributed by atoms with Crippen LogP contribution in [0.3, 0.4) is 0 Å². The molecule has 2 rings (SSSR count). The summed E-state index contributed by atoms with van der Waals surface area (Å²) in [6.45, 7) is 0. The lowest BCUT2D eigenvalue weighted by atomic mass is 10.1. The van der Waals surface area contributed by atoms with Gasteiger partial charge in [0.25, 0.3) is 0 Å². The molecule has 0 aromatic heterocycles. The summed E-state index contributed by atoms with van der Waals surface area (Å²) < 4.78 is 0. The van der Waals surface area contributed by atoms with Gasteiger partial charge in [0.1, 0.15) is 11.5 Å². The Morgan fingerprint density at radius 1 is 1.17 bits per heavy atom. The van der Waals surface area contributed by atoms with Crippen molar-refractivity contribution in [3.05, 3.63) is 36.4 Å². The van der Waals surface area contributed by atoms with Crippen molar-refractivity contribution < 1.29 is 10.2 Å². The molecule has 2 nitrogen and oxygen atoms in total. The summed E-state index contributed by atoms with van der Waals surface area (Å²) in [7, 11) is 0. The zero-order valence-electron chi connectivity index (χ0n) is 6.28. The maximum Gasteiger partial charge on any atom is 0.127 e. The third kappa shape index (κ3) is 0.975. The van der Waals surface area contributed by atoms with Crippen LogP contribution in [0.15, 0.2) is 30.3 Å². The van der Waals surface area contributed by atoms with E-state index in [0.717, 1.165) is 5.39 Å². The van der Waals surface area contributed by atoms with E-state index < -0.39 is 0 Å². The number of hydrogen-bond acceptors (Lipinski definition) is 2. The summed E-state index contributed by atoms with van der Waals surface area (Å²) in [5.74, 6) is 0.160. The second kappa shape index (κ2) is 2.41. The molecule has 1 radical (unpaired) electrons. The Bertz CT molecular complexity index is 421. The van der Waals surface area contributed by atoms with E-state index in [1.54, 1.807) is 24.3 Å². The summed E-state index contributed by atoms with van der Waals surface area (Å²) in [4.78, 5) is 0. The minimum Gasteiger partial charge on any atom is -0.508 e. The Morgan fingerprint density at radius 2 is 2.00 bits per heavy atom. The van der Waals surface area contributed by atoms with Crippen molar-refractivity contribution in [1.82, 2.24) is 0 Å². The van der Waals surface area contributed by atoms with Gasteiger partial charge >= 0.3 is 0 Å². The topological polar surface area (TPSA) is 40.5 Å². The van der Waals surface area contributed by atoms with E-state index in [4.69, 9.17) is 5.11 Å². The van der Waals surface area contributed by atoms with Crippen LogP contribution in [0.25, 0.3) is 10.8 Å². The first kappa shape index (κ1) is 6.98. The zero-order chi connectivity index (χ0) is 8.55. The molecule has 0 saturated heterocycles. The molecule has 2 aromatic rings. The third-order valence-corrected chi connectivity index (χ3v) is 1.76. The number of fused-ring (bicyclic) bond motifs is 1. The van der Waals surface area contributed by atoms with Crippen LogP contribution in [0.4, 0.5) is 0 Å². The van der Waals surface area contributed by atoms with Crippen molar-refractivity contribution in [3.8, 4) is 11.5 Å². The van der Waals surface area contributed by atoms with Crippen LogP contribution in [0, 0.1) is 6.07 Å². The highest BCUT2D eigenvalue weighted by Crippen LogP contribution is 2.28. The highest BCUT2D eigenvalue weighted by molar-refractivity contribution is 5.89. The maximum absolute atomic E-state index is 9.37. The van der Waals surface area contributed by atoms with Crippen LogP contribution in [-0.2, 0) is 0 Å². The van der Waals surface area contributed by atoms with E-state index >= 15 is 0 Å². The van der Waals surface area contributed by atoms with Gasteiger partial charge < -0.3 is 10.2 Å². The van der Waals surface area contributed by atoms with E-state index in [-0.39, 0.29) is 11.5 Å². The lowest BCUT2D eigenvalue weighted by Crippen LogP contribution is -1.73. The second-order valence-electron chi connectivity index (χ2n) is 2.61. The fourth-order valence-corrected chi connectivity index (χ4v) is 1.21. The van der Waals surface area contributed by atoms with Gasteiger partial charge in [-0.1, -0.05) is 12.1 Å². The van der Waals surface area contributed by atoms with Crippen LogP contribution in [0.5, 0.6) is 11.5 Å². The minimum atomic E-state index is 0.0752. The Morgan fingerprint density at radius 3 is 2.83 bits per heavy atom. The number of hydrogen-bond donors (Lipinski definition) is 2. The highest BCUT2D eigenvalue weighted by atomic mass is 16.3. The van der Waals surface area contributed by atoms with Crippen molar-refractivity contribution in [2.24, 2.45) is 0 Å². The molecule has 0 aliphatic carbocycles. The standard InChI is InChI=1S/C10H7O2/c11-8-5-7-3-1-2-4-9(7)10(12)6-8/h1,3-6,11-12H. The minimum absolute atomic E-state index is 0.0752. The normalized spacial score (nSPS) is 10.3. The summed E-state index contributed by atoms with van der Waals surface area (Å²) >= 11 is 0. The first-order valence-corrected chi connectivity index (χ1v) is 3.59. The number of phenolic OH excluding ortho intramolecular Hbond substituents is 2. The predicted molar refractivity (Wildman–Crippen MR) is 46.1 cm³/mol. The number of phenols is 2. The summed E-state index contributed by atoms with van der Waals surface area (Å²) in [6, 6.07) is 11.0. The SMILES string of the molecule is Oc1cc(O)c2c[c]ccc2c1. The van der Waals surface area contributed by atoms with E-state index in [1.165, 1.54) is 6.07 Å². The molecule has 12 heavy (non-hydrogen) atoms. The van der Waals surface area contributed by atoms with Crippen molar-refractivity contribution >= 4 is 10.8 Å². The second-order valence-corrected chi connectivity index (χ2v) is 2.61. The van der Waals surface area contributed by atoms with E-state index in [1.807, 2.05) is 0 Å². The van der Waals surface area contributed by atoms with E-state index in [9.17, 15) is 5.11 Å². The smallest absolute Gasteiger partial charge is 0.127 e. The molecule has 0 bridgehead atoms. The Balaban J connectivity index is 2.89. The highest BCUT2D eigenvalue weighted by Gasteiger charge is 1.99. The van der Waals surface area contributed by atoms with Gasteiger partial charge in [-0.05, 0) is 23.6 Å². The molecule has 0 unspecified atom stereocenters. The average Bonchev–Trinajstić information content (AvgIpc) is 2.04. The largest absolute Gasteiger partial charge is 0.508 e. The third-order valence-electron chi connectivity index (χ3n) is 1.76. The Labute approximate surface area is 69.7 Å². The monoisotopic (exact) mass is 159 g/mol. The van der Waals surface area contributed by atoms with Crippen LogP contribution in [0.2, 0.25) is 0 Å². The van der Waals surface area contributed by atoms with Crippen LogP contribution >= 0.6 is 0 Å². The van der Waals surface area contributed by atoms with Gasteiger partial charge in [-0.3, -0.25) is 0 Å². The molecule has 2 heteroatoms. The molecule has 0 spiro atoms. The van der Waals surface area contributed by atoms with Gasteiger partial charge in [-0.25, -0.2) is 0 Å². The van der Waals surface area contributed by atoms with Crippen molar-refractivity contribution in [3.63, 3.8) is 0 Å². The molecule has 0 fully saturated rings. The molecule has 2 aromatic carbocycles. The van der Waals surface area contributed by atoms with Crippen LogP contribution in [-0.4, -0.2) is 10.2 Å². The first-order valence-electron chi connectivity index (χ1n) is 3.59. The van der Waals surface area contributed by atoms with Gasteiger partial charge in [0.05, 0.1) is 0 Å². The van der Waals surface area contributed by atoms with Crippen molar-refractivity contribution in [2.45, 2.75) is 0 Å². The fourth-order valence-electron chi connectivity index (χ4n) is 1.21. The average molecular weight is 159 g/mol. The van der Waals surface area contributed by atoms with Gasteiger partial charge in [-0.2, -0.15) is 0 Å². The quantitative estimate of drug-likeness (QED) is 0.617. The molecular weight excluding hydrogens is 152 g/mol. The molecule has 0 aliphatic rings. The van der Waals surface area contributed by atoms with Crippen LogP contribution < -0.4 is 0 Å². The summed E-state index contributed by atoms with van der Waals surface area (Å²) in [5, 5.41) is 20.0. The predicted octanol–water partition coefficient (Wildman–Crippen LogP) is 2.05. The van der Waals surface area contributed by atoms with Crippen molar-refractivity contribution in [2.75, 3.05) is 0 Å². The van der Waals surface area contributed by atoms with E-state index in [0.29, 0.717) is 5.39 Å². The molecular formula is C10H7O2. The molecule has 0 heterocycles. The van der Waals surface area contributed by atoms with Crippen LogP contribution in [0.1, 0.15) is 0 Å². The van der Waals surface area contributed by atoms with Gasteiger partial charge in [0.2, 0.25) is 0 Å². The molecule has 0 atom stereocenters. The van der Waals surface area contributed by atoms with E-state index in [2.05, 4.69) is 6.07 Å². The molecule has 0 aliphatic heterocycles. The first-order chi connectivity index (χ1) is 5.77. The maximum atomic E-state index is 9.37. The number of aromatic hydroxyl groups is 2. The van der Waals surface area contributed by atoms with Gasteiger partial charge in [-0.15, -0.1) is 0 Å². The summed E-state index contributed by atoms with van der Waals surface area (Å²) in [6.07, 6.45) is 0. The molecule has 0 amide bonds. The zero-order valence-corrected chi connectivity index (χ0v) is 6.28. The lowest BCUT2D eigenvalue weighted by Gasteiger charge is -2.00. The van der Waals surface area contributed by atoms with Crippen molar-refractivity contribution in [1.29, 1.82) is 0 Å². The Kier molecular flexibility index (Phi) is 1.40. The molecule has 2 N–H and O–H groups in total. The molecule has 0 saturated carbocycles. The summed E-state index contributed by atoms with van der Waals surface area (Å²) in [5.41, 5.74) is 0. The molecule has 59 valence electrons. The lowest BCUT2D eigenvalue weighted by molar-refractivity contribution is 0.455.